The van der Waals surface area contributed by atoms with Gasteiger partial charge in [0.05, 0.1) is 0 Å². The van der Waals surface area contributed by atoms with Crippen LogP contribution in [0.4, 0.5) is 0 Å². The molecule has 0 aromatic carbocycles. The second-order valence-corrected chi connectivity index (χ2v) is 5.22. The zero-order valence-corrected chi connectivity index (χ0v) is 11.7. The van der Waals surface area contributed by atoms with Crippen LogP contribution in [0.1, 0.15) is 18.9 Å². The molecule has 1 aromatic rings. The van der Waals surface area contributed by atoms with Crippen molar-refractivity contribution in [3.63, 3.8) is 0 Å². The van der Waals surface area contributed by atoms with Crippen molar-refractivity contribution >= 4 is 23.4 Å². The van der Waals surface area contributed by atoms with Crippen LogP contribution < -0.4 is 0 Å². The van der Waals surface area contributed by atoms with Gasteiger partial charge in [0.2, 0.25) is 0 Å². The van der Waals surface area contributed by atoms with Crippen molar-refractivity contribution in [1.29, 1.82) is 0 Å². The zero-order chi connectivity index (χ0) is 12.0. The summed E-state index contributed by atoms with van der Waals surface area (Å²) in [6.07, 6.45) is 5.09. The minimum atomic E-state index is 0.573. The first-order valence-electron chi connectivity index (χ1n) is 5.47. The molecule has 0 spiro atoms. The number of aromatic nitrogens is 1. The van der Waals surface area contributed by atoms with Crippen molar-refractivity contribution in [3.8, 4) is 0 Å². The molecule has 2 nitrogen and oxygen atoms in total. The first-order chi connectivity index (χ1) is 7.67. The van der Waals surface area contributed by atoms with Crippen LogP contribution in [0.3, 0.4) is 0 Å². The van der Waals surface area contributed by atoms with Gasteiger partial charge < -0.3 is 0 Å². The average Bonchev–Trinajstić information content (AvgIpc) is 2.25. The minimum Gasteiger partial charge on any atom is -0.298 e. The third-order valence-corrected chi connectivity index (χ3v) is 3.60. The topological polar surface area (TPSA) is 16.1 Å². The van der Waals surface area contributed by atoms with Crippen LogP contribution in [0.25, 0.3) is 0 Å². The Bertz CT molecular complexity index is 320. The van der Waals surface area contributed by atoms with Gasteiger partial charge in [-0.2, -0.15) is 11.8 Å². The monoisotopic (exact) mass is 258 g/mol. The summed E-state index contributed by atoms with van der Waals surface area (Å²) in [5.74, 6) is 1.17. The highest BCUT2D eigenvalue weighted by molar-refractivity contribution is 7.98. The second kappa shape index (κ2) is 7.15. The van der Waals surface area contributed by atoms with Crippen LogP contribution in [-0.2, 0) is 6.54 Å². The summed E-state index contributed by atoms with van der Waals surface area (Å²) >= 11 is 7.77. The molecule has 0 aliphatic carbocycles. The molecule has 0 fully saturated rings. The number of thioether (sulfide) groups is 1. The number of hydrogen-bond acceptors (Lipinski definition) is 3. The zero-order valence-electron chi connectivity index (χ0n) is 10.1. The lowest BCUT2D eigenvalue weighted by molar-refractivity contribution is 0.248. The van der Waals surface area contributed by atoms with Gasteiger partial charge in [0, 0.05) is 24.5 Å². The minimum absolute atomic E-state index is 0.573. The maximum Gasteiger partial charge on any atom is 0.129 e. The van der Waals surface area contributed by atoms with E-state index in [9.17, 15) is 0 Å². The molecule has 1 rings (SSSR count). The quantitative estimate of drug-likeness (QED) is 0.729. The number of hydrogen-bond donors (Lipinski definition) is 0. The van der Waals surface area contributed by atoms with Crippen molar-refractivity contribution in [2.24, 2.45) is 0 Å². The largest absolute Gasteiger partial charge is 0.298 e. The maximum atomic E-state index is 5.87. The number of pyridine rings is 1. The maximum absolute atomic E-state index is 5.87. The Labute approximate surface area is 107 Å². The van der Waals surface area contributed by atoms with Gasteiger partial charge in [-0.15, -0.1) is 0 Å². The van der Waals surface area contributed by atoms with E-state index < -0.39 is 0 Å². The van der Waals surface area contributed by atoms with Crippen molar-refractivity contribution < 1.29 is 0 Å². The van der Waals surface area contributed by atoms with E-state index in [1.807, 2.05) is 23.9 Å². The SMILES string of the molecule is CCC(CSC)N(C)Cc1ccnc(Cl)c1. The fraction of sp³-hybridized carbons (Fsp3) is 0.583. The summed E-state index contributed by atoms with van der Waals surface area (Å²) < 4.78 is 0. The fourth-order valence-corrected chi connectivity index (χ4v) is 2.78. The Kier molecular flexibility index (Phi) is 6.17. The third kappa shape index (κ3) is 4.32. The standard InChI is InChI=1S/C12H19ClN2S/c1-4-11(9-16-3)15(2)8-10-5-6-14-12(13)7-10/h5-7,11H,4,8-9H2,1-3H3. The first-order valence-corrected chi connectivity index (χ1v) is 7.24. The molecule has 0 amide bonds. The van der Waals surface area contributed by atoms with E-state index in [0.717, 1.165) is 6.54 Å². The highest BCUT2D eigenvalue weighted by atomic mass is 35.5. The van der Waals surface area contributed by atoms with Crippen molar-refractivity contribution in [2.75, 3.05) is 19.1 Å². The Morgan fingerprint density at radius 3 is 2.88 bits per heavy atom. The summed E-state index contributed by atoms with van der Waals surface area (Å²) in [5.41, 5.74) is 1.22. The molecular weight excluding hydrogens is 240 g/mol. The summed E-state index contributed by atoms with van der Waals surface area (Å²) in [6, 6.07) is 4.58. The summed E-state index contributed by atoms with van der Waals surface area (Å²) in [6.45, 7) is 3.16. The molecule has 0 aliphatic heterocycles. The van der Waals surface area contributed by atoms with Gasteiger partial charge in [0.15, 0.2) is 0 Å². The molecule has 0 aliphatic rings. The lowest BCUT2D eigenvalue weighted by Gasteiger charge is -2.26. The van der Waals surface area contributed by atoms with E-state index in [1.165, 1.54) is 17.7 Å². The van der Waals surface area contributed by atoms with E-state index in [2.05, 4.69) is 30.1 Å². The Morgan fingerprint density at radius 1 is 1.56 bits per heavy atom. The molecule has 16 heavy (non-hydrogen) atoms. The van der Waals surface area contributed by atoms with Gasteiger partial charge in [0.25, 0.3) is 0 Å². The molecule has 0 bridgehead atoms. The predicted octanol–water partition coefficient (Wildman–Crippen LogP) is 3.31. The lowest BCUT2D eigenvalue weighted by Crippen LogP contribution is -2.32. The number of nitrogens with zero attached hydrogens (tertiary/aromatic N) is 2. The average molecular weight is 259 g/mol. The summed E-state index contributed by atoms with van der Waals surface area (Å²) in [7, 11) is 2.17. The van der Waals surface area contributed by atoms with Crippen molar-refractivity contribution in [2.45, 2.75) is 25.9 Å². The molecule has 1 heterocycles. The molecule has 1 unspecified atom stereocenters. The molecule has 0 radical (unpaired) electrons. The van der Waals surface area contributed by atoms with Crippen LogP contribution in [0.5, 0.6) is 0 Å². The van der Waals surface area contributed by atoms with Crippen LogP contribution in [0.2, 0.25) is 5.15 Å². The Balaban J connectivity index is 2.58. The van der Waals surface area contributed by atoms with Crippen LogP contribution in [-0.4, -0.2) is 35.0 Å². The van der Waals surface area contributed by atoms with Crippen LogP contribution in [0.15, 0.2) is 18.3 Å². The van der Waals surface area contributed by atoms with Crippen molar-refractivity contribution in [1.82, 2.24) is 9.88 Å². The van der Waals surface area contributed by atoms with Gasteiger partial charge in [0.1, 0.15) is 5.15 Å². The number of rotatable bonds is 6. The van der Waals surface area contributed by atoms with E-state index in [4.69, 9.17) is 11.6 Å². The van der Waals surface area contributed by atoms with Gasteiger partial charge >= 0.3 is 0 Å². The lowest BCUT2D eigenvalue weighted by atomic mass is 10.2. The smallest absolute Gasteiger partial charge is 0.129 e. The van der Waals surface area contributed by atoms with Crippen LogP contribution in [0, 0.1) is 0 Å². The normalized spacial score (nSPS) is 13.1. The molecule has 0 saturated carbocycles. The van der Waals surface area contributed by atoms with Gasteiger partial charge in [-0.1, -0.05) is 18.5 Å². The van der Waals surface area contributed by atoms with Crippen molar-refractivity contribution in [3.05, 3.63) is 29.0 Å². The number of halogens is 1. The molecule has 4 heteroatoms. The third-order valence-electron chi connectivity index (χ3n) is 2.68. The molecule has 1 aromatic heterocycles. The molecular formula is C12H19ClN2S. The van der Waals surface area contributed by atoms with E-state index in [-0.39, 0.29) is 0 Å². The Morgan fingerprint density at radius 2 is 2.31 bits per heavy atom. The summed E-state index contributed by atoms with van der Waals surface area (Å²) in [5, 5.41) is 0.573. The fourth-order valence-electron chi connectivity index (χ4n) is 1.71. The molecule has 90 valence electrons. The predicted molar refractivity (Wildman–Crippen MR) is 73.2 cm³/mol. The van der Waals surface area contributed by atoms with Gasteiger partial charge in [-0.3, -0.25) is 4.90 Å². The van der Waals surface area contributed by atoms with Gasteiger partial charge in [-0.05, 0) is 37.4 Å². The molecule has 0 saturated heterocycles. The second-order valence-electron chi connectivity index (χ2n) is 3.92. The highest BCUT2D eigenvalue weighted by Crippen LogP contribution is 2.14. The summed E-state index contributed by atoms with van der Waals surface area (Å²) in [4.78, 5) is 6.37. The van der Waals surface area contributed by atoms with E-state index in [0.29, 0.717) is 11.2 Å². The Hall–Kier alpha value is -0.250. The van der Waals surface area contributed by atoms with Crippen LogP contribution >= 0.6 is 23.4 Å². The molecule has 1 atom stereocenters. The van der Waals surface area contributed by atoms with E-state index >= 15 is 0 Å². The van der Waals surface area contributed by atoms with Gasteiger partial charge in [-0.25, -0.2) is 4.98 Å². The highest BCUT2D eigenvalue weighted by Gasteiger charge is 2.12. The molecule has 0 N–H and O–H groups in total. The first kappa shape index (κ1) is 13.8. The van der Waals surface area contributed by atoms with E-state index in [1.54, 1.807) is 6.20 Å².